The molecule has 3 nitrogen and oxygen atoms in total. The molecule has 2 aromatic rings. The molecule has 0 saturated carbocycles. The van der Waals surface area contributed by atoms with Crippen LogP contribution >= 0.6 is 0 Å². The number of nitrogens with one attached hydrogen (secondary N) is 1. The van der Waals surface area contributed by atoms with Crippen molar-refractivity contribution in [3.05, 3.63) is 60.2 Å². The normalized spacial score (nSPS) is 11.3. The van der Waals surface area contributed by atoms with Gasteiger partial charge in [0.2, 0.25) is 0 Å². The summed E-state index contributed by atoms with van der Waals surface area (Å²) in [6, 6.07) is 19.1. The van der Waals surface area contributed by atoms with E-state index in [1.807, 2.05) is 54.6 Å². The maximum absolute atomic E-state index is 9.20. The minimum absolute atomic E-state index is 0.348. The minimum Gasteiger partial charge on any atom is -0.497 e. The van der Waals surface area contributed by atoms with Gasteiger partial charge in [-0.3, -0.25) is 0 Å². The van der Waals surface area contributed by atoms with E-state index >= 15 is 0 Å². The molecular formula is C15H14N2O. The monoisotopic (exact) mass is 238 g/mol. The summed E-state index contributed by atoms with van der Waals surface area (Å²) in [5, 5.41) is 12.4. The summed E-state index contributed by atoms with van der Waals surface area (Å²) < 4.78 is 5.09. The van der Waals surface area contributed by atoms with Crippen LogP contribution in [0.5, 0.6) is 5.75 Å². The Labute approximate surface area is 107 Å². The Kier molecular flexibility index (Phi) is 3.83. The lowest BCUT2D eigenvalue weighted by atomic mass is 10.1. The molecule has 0 aliphatic rings. The average molecular weight is 238 g/mol. The first-order valence-corrected chi connectivity index (χ1v) is 5.68. The van der Waals surface area contributed by atoms with Crippen molar-refractivity contribution in [3.63, 3.8) is 0 Å². The van der Waals surface area contributed by atoms with E-state index < -0.39 is 0 Å². The first kappa shape index (κ1) is 12.0. The fourth-order valence-electron chi connectivity index (χ4n) is 1.69. The van der Waals surface area contributed by atoms with Crippen LogP contribution in [0.25, 0.3) is 0 Å². The highest BCUT2D eigenvalue weighted by molar-refractivity contribution is 5.49. The van der Waals surface area contributed by atoms with Crippen molar-refractivity contribution in [2.45, 2.75) is 6.04 Å². The zero-order valence-corrected chi connectivity index (χ0v) is 10.1. The van der Waals surface area contributed by atoms with E-state index in [2.05, 4.69) is 11.4 Å². The van der Waals surface area contributed by atoms with Gasteiger partial charge in [0.15, 0.2) is 0 Å². The molecule has 0 spiro atoms. The van der Waals surface area contributed by atoms with Gasteiger partial charge in [0.1, 0.15) is 11.8 Å². The van der Waals surface area contributed by atoms with Crippen LogP contribution in [-0.2, 0) is 0 Å². The molecule has 0 fully saturated rings. The van der Waals surface area contributed by atoms with Crippen LogP contribution in [0.15, 0.2) is 54.6 Å². The smallest absolute Gasteiger partial charge is 0.140 e. The fraction of sp³-hybridized carbons (Fsp3) is 0.133. The second kappa shape index (κ2) is 5.74. The number of ether oxygens (including phenoxy) is 1. The van der Waals surface area contributed by atoms with Crippen LogP contribution in [0.2, 0.25) is 0 Å². The van der Waals surface area contributed by atoms with Gasteiger partial charge in [0, 0.05) is 5.69 Å². The Hall–Kier alpha value is -2.47. The van der Waals surface area contributed by atoms with Crippen molar-refractivity contribution in [2.75, 3.05) is 12.4 Å². The maximum atomic E-state index is 9.20. The van der Waals surface area contributed by atoms with Crippen LogP contribution < -0.4 is 10.1 Å². The molecule has 18 heavy (non-hydrogen) atoms. The molecule has 2 rings (SSSR count). The van der Waals surface area contributed by atoms with Gasteiger partial charge in [-0.25, -0.2) is 0 Å². The van der Waals surface area contributed by atoms with E-state index in [1.165, 1.54) is 0 Å². The van der Waals surface area contributed by atoms with Crippen LogP contribution in [0.1, 0.15) is 11.6 Å². The number of hydrogen-bond acceptors (Lipinski definition) is 3. The lowest BCUT2D eigenvalue weighted by molar-refractivity contribution is 0.415. The highest BCUT2D eigenvalue weighted by atomic mass is 16.5. The summed E-state index contributed by atoms with van der Waals surface area (Å²) in [4.78, 5) is 0. The number of methoxy groups -OCH3 is 1. The lowest BCUT2D eigenvalue weighted by Gasteiger charge is -2.13. The highest BCUT2D eigenvalue weighted by Gasteiger charge is 2.09. The third kappa shape index (κ3) is 2.80. The number of nitriles is 1. The zero-order valence-electron chi connectivity index (χ0n) is 10.1. The van der Waals surface area contributed by atoms with Gasteiger partial charge in [-0.2, -0.15) is 5.26 Å². The summed E-state index contributed by atoms with van der Waals surface area (Å²) in [5.74, 6) is 0.800. The molecule has 3 heteroatoms. The number of rotatable bonds is 4. The molecule has 2 aromatic carbocycles. The van der Waals surface area contributed by atoms with Crippen LogP contribution in [0.3, 0.4) is 0 Å². The number of anilines is 1. The summed E-state index contributed by atoms with van der Waals surface area (Å²) >= 11 is 0. The lowest BCUT2D eigenvalue weighted by Crippen LogP contribution is -2.08. The summed E-state index contributed by atoms with van der Waals surface area (Å²) in [5.41, 5.74) is 1.85. The molecule has 0 bridgehead atoms. The third-order valence-corrected chi connectivity index (χ3v) is 2.66. The Morgan fingerprint density at radius 1 is 1.06 bits per heavy atom. The van der Waals surface area contributed by atoms with Crippen LogP contribution in [0, 0.1) is 11.3 Å². The molecule has 0 aliphatic heterocycles. The van der Waals surface area contributed by atoms with E-state index in [1.54, 1.807) is 7.11 Å². The van der Waals surface area contributed by atoms with Crippen molar-refractivity contribution >= 4 is 5.69 Å². The summed E-state index contributed by atoms with van der Waals surface area (Å²) in [6.07, 6.45) is 0. The van der Waals surface area contributed by atoms with Crippen molar-refractivity contribution in [1.29, 1.82) is 5.26 Å². The molecule has 0 amide bonds. The fourth-order valence-corrected chi connectivity index (χ4v) is 1.69. The van der Waals surface area contributed by atoms with Crippen molar-refractivity contribution in [2.24, 2.45) is 0 Å². The van der Waals surface area contributed by atoms with Gasteiger partial charge < -0.3 is 10.1 Å². The molecule has 1 unspecified atom stereocenters. The highest BCUT2D eigenvalue weighted by Crippen LogP contribution is 2.21. The van der Waals surface area contributed by atoms with Crippen LogP contribution in [0.4, 0.5) is 5.69 Å². The molecule has 90 valence electrons. The van der Waals surface area contributed by atoms with Gasteiger partial charge in [0.25, 0.3) is 0 Å². The molecule has 1 N–H and O–H groups in total. The van der Waals surface area contributed by atoms with Gasteiger partial charge in [0.05, 0.1) is 13.2 Å². The minimum atomic E-state index is -0.348. The van der Waals surface area contributed by atoms with Crippen molar-refractivity contribution in [3.8, 4) is 11.8 Å². The van der Waals surface area contributed by atoms with Crippen LogP contribution in [-0.4, -0.2) is 7.11 Å². The average Bonchev–Trinajstić information content (AvgIpc) is 2.46. The predicted molar refractivity (Wildman–Crippen MR) is 71.4 cm³/mol. The second-order valence-corrected chi connectivity index (χ2v) is 3.85. The second-order valence-electron chi connectivity index (χ2n) is 3.85. The quantitative estimate of drug-likeness (QED) is 0.888. The first-order valence-electron chi connectivity index (χ1n) is 5.68. The third-order valence-electron chi connectivity index (χ3n) is 2.66. The standard InChI is InChI=1S/C15H14N2O/c1-18-14-9-7-13(8-10-14)17-15(11-16)12-5-3-2-4-6-12/h2-10,15,17H,1H3. The molecule has 0 heterocycles. The maximum Gasteiger partial charge on any atom is 0.140 e. The molecule has 0 aliphatic carbocycles. The van der Waals surface area contributed by atoms with E-state index in [9.17, 15) is 5.26 Å². The molecule has 0 aromatic heterocycles. The van der Waals surface area contributed by atoms with Gasteiger partial charge in [-0.05, 0) is 29.8 Å². The van der Waals surface area contributed by atoms with E-state index in [4.69, 9.17) is 4.74 Å². The summed E-state index contributed by atoms with van der Waals surface area (Å²) in [6.45, 7) is 0. The van der Waals surface area contributed by atoms with E-state index in [-0.39, 0.29) is 6.04 Å². The number of nitrogens with zero attached hydrogens (tertiary/aromatic N) is 1. The molecular weight excluding hydrogens is 224 g/mol. The Morgan fingerprint density at radius 2 is 1.72 bits per heavy atom. The largest absolute Gasteiger partial charge is 0.497 e. The molecule has 0 saturated heterocycles. The van der Waals surface area contributed by atoms with Crippen molar-refractivity contribution < 1.29 is 4.74 Å². The topological polar surface area (TPSA) is 45.0 Å². The molecule has 0 radical (unpaired) electrons. The Morgan fingerprint density at radius 3 is 2.28 bits per heavy atom. The summed E-state index contributed by atoms with van der Waals surface area (Å²) in [7, 11) is 1.63. The van der Waals surface area contributed by atoms with Gasteiger partial charge in [-0.1, -0.05) is 30.3 Å². The number of hydrogen-bond donors (Lipinski definition) is 1. The number of benzene rings is 2. The Bertz CT molecular complexity index is 529. The Balaban J connectivity index is 2.13. The predicted octanol–water partition coefficient (Wildman–Crippen LogP) is 3.37. The van der Waals surface area contributed by atoms with Crippen molar-refractivity contribution in [1.82, 2.24) is 0 Å². The first-order chi connectivity index (χ1) is 8.83. The zero-order chi connectivity index (χ0) is 12.8. The SMILES string of the molecule is COc1ccc(NC(C#N)c2ccccc2)cc1. The van der Waals surface area contributed by atoms with E-state index in [0.29, 0.717) is 0 Å². The van der Waals surface area contributed by atoms with Gasteiger partial charge in [-0.15, -0.1) is 0 Å². The van der Waals surface area contributed by atoms with Gasteiger partial charge >= 0.3 is 0 Å². The molecule has 1 atom stereocenters. The van der Waals surface area contributed by atoms with E-state index in [0.717, 1.165) is 17.0 Å².